The molecule has 8 nitrogen and oxygen atoms in total. The Bertz CT molecular complexity index is 1250. The Morgan fingerprint density at radius 1 is 0.882 bits per heavy atom. The van der Waals surface area contributed by atoms with Crippen molar-refractivity contribution in [2.24, 2.45) is 0 Å². The van der Waals surface area contributed by atoms with Crippen LogP contribution >= 0.6 is 0 Å². The average molecular weight is 458 g/mol. The van der Waals surface area contributed by atoms with E-state index in [9.17, 15) is 19.2 Å². The highest BCUT2D eigenvalue weighted by Gasteiger charge is 2.37. The van der Waals surface area contributed by atoms with Gasteiger partial charge in [-0.25, -0.2) is 9.69 Å². The maximum absolute atomic E-state index is 13.0. The molecule has 8 heteroatoms. The number of ether oxygens (including phenoxy) is 2. The quantitative estimate of drug-likeness (QED) is 0.396. The lowest BCUT2D eigenvalue weighted by atomic mass is 10.1. The van der Waals surface area contributed by atoms with E-state index in [2.05, 4.69) is 0 Å². The summed E-state index contributed by atoms with van der Waals surface area (Å²) in [5.41, 5.74) is 1.42. The van der Waals surface area contributed by atoms with Crippen LogP contribution in [0.3, 0.4) is 0 Å². The number of hydrogen-bond donors (Lipinski definition) is 0. The first-order chi connectivity index (χ1) is 16.4. The number of nitrogens with zero attached hydrogens (tertiary/aromatic N) is 2. The standard InChI is InChI=1S/C26H22N2O6/c1-3-33-20-12-10-19(11-13-20)28-24(30)21-14-9-17(15-22(21)25(28)31)26(32)34-16-23(29)27(2)18-7-5-4-6-8-18/h4-15H,3,16H2,1-2H3. The maximum atomic E-state index is 13.0. The predicted molar refractivity (Wildman–Crippen MR) is 125 cm³/mol. The van der Waals surface area contributed by atoms with Crippen molar-refractivity contribution in [3.63, 3.8) is 0 Å². The van der Waals surface area contributed by atoms with Crippen molar-refractivity contribution < 1.29 is 28.7 Å². The smallest absolute Gasteiger partial charge is 0.338 e. The van der Waals surface area contributed by atoms with Crippen LogP contribution in [0, 0.1) is 0 Å². The number of carbonyl (C=O) groups excluding carboxylic acids is 4. The highest BCUT2D eigenvalue weighted by atomic mass is 16.5. The van der Waals surface area contributed by atoms with Crippen LogP contribution in [0.25, 0.3) is 0 Å². The summed E-state index contributed by atoms with van der Waals surface area (Å²) in [5, 5.41) is 0. The summed E-state index contributed by atoms with van der Waals surface area (Å²) in [6, 6.07) is 19.7. The lowest BCUT2D eigenvalue weighted by Crippen LogP contribution is -2.31. The molecule has 0 radical (unpaired) electrons. The number of imide groups is 1. The molecule has 1 heterocycles. The van der Waals surface area contributed by atoms with Gasteiger partial charge in [-0.05, 0) is 61.5 Å². The normalized spacial score (nSPS) is 12.4. The Kier molecular flexibility index (Phi) is 6.40. The predicted octanol–water partition coefficient (Wildman–Crippen LogP) is 3.71. The molecule has 34 heavy (non-hydrogen) atoms. The van der Waals surface area contributed by atoms with Crippen molar-refractivity contribution in [2.75, 3.05) is 30.1 Å². The molecule has 3 aromatic carbocycles. The van der Waals surface area contributed by atoms with Crippen molar-refractivity contribution in [2.45, 2.75) is 6.92 Å². The first kappa shape index (κ1) is 22.7. The van der Waals surface area contributed by atoms with Gasteiger partial charge >= 0.3 is 5.97 Å². The van der Waals surface area contributed by atoms with Gasteiger partial charge in [-0.15, -0.1) is 0 Å². The fourth-order valence-corrected chi connectivity index (χ4v) is 3.56. The summed E-state index contributed by atoms with van der Waals surface area (Å²) in [4.78, 5) is 53.1. The Balaban J connectivity index is 1.46. The maximum Gasteiger partial charge on any atom is 0.338 e. The molecule has 4 rings (SSSR count). The Hall–Kier alpha value is -4.46. The van der Waals surface area contributed by atoms with Crippen LogP contribution in [0.1, 0.15) is 38.0 Å². The van der Waals surface area contributed by atoms with E-state index in [0.29, 0.717) is 23.7 Å². The number of likely N-dealkylation sites (N-methyl/N-ethyl adjacent to an activating group) is 1. The summed E-state index contributed by atoms with van der Waals surface area (Å²) in [5.74, 6) is -1.58. The van der Waals surface area contributed by atoms with Gasteiger partial charge in [0.1, 0.15) is 5.75 Å². The first-order valence-electron chi connectivity index (χ1n) is 10.6. The zero-order valence-corrected chi connectivity index (χ0v) is 18.7. The molecule has 3 aromatic rings. The molecular formula is C26H22N2O6. The Morgan fingerprint density at radius 2 is 1.56 bits per heavy atom. The molecular weight excluding hydrogens is 436 g/mol. The second-order valence-electron chi connectivity index (χ2n) is 7.50. The molecule has 0 saturated heterocycles. The highest BCUT2D eigenvalue weighted by Crippen LogP contribution is 2.30. The van der Waals surface area contributed by atoms with Crippen LogP contribution in [0.4, 0.5) is 11.4 Å². The number of amides is 3. The number of rotatable bonds is 7. The summed E-state index contributed by atoms with van der Waals surface area (Å²) in [6.07, 6.45) is 0. The number of carbonyl (C=O) groups is 4. The topological polar surface area (TPSA) is 93.2 Å². The molecule has 0 saturated carbocycles. The Morgan fingerprint density at radius 3 is 2.24 bits per heavy atom. The third-order valence-electron chi connectivity index (χ3n) is 5.37. The molecule has 0 unspecified atom stereocenters. The second-order valence-corrected chi connectivity index (χ2v) is 7.50. The molecule has 0 aliphatic carbocycles. The van der Waals surface area contributed by atoms with Crippen LogP contribution in [0.5, 0.6) is 5.75 Å². The molecule has 0 aromatic heterocycles. The largest absolute Gasteiger partial charge is 0.494 e. The van der Waals surface area contributed by atoms with E-state index < -0.39 is 30.3 Å². The van der Waals surface area contributed by atoms with E-state index >= 15 is 0 Å². The summed E-state index contributed by atoms with van der Waals surface area (Å²) in [6.45, 7) is 1.89. The van der Waals surface area contributed by atoms with Crippen molar-refractivity contribution in [1.29, 1.82) is 0 Å². The monoisotopic (exact) mass is 458 g/mol. The minimum Gasteiger partial charge on any atom is -0.494 e. The van der Waals surface area contributed by atoms with Crippen LogP contribution < -0.4 is 14.5 Å². The van der Waals surface area contributed by atoms with Gasteiger partial charge in [0.2, 0.25) is 0 Å². The van der Waals surface area contributed by atoms with Gasteiger partial charge in [-0.1, -0.05) is 18.2 Å². The molecule has 0 N–H and O–H groups in total. The van der Waals surface area contributed by atoms with E-state index in [1.54, 1.807) is 55.6 Å². The molecule has 0 atom stereocenters. The minimum absolute atomic E-state index is 0.0728. The number of benzene rings is 3. The van der Waals surface area contributed by atoms with Crippen LogP contribution in [-0.2, 0) is 9.53 Å². The van der Waals surface area contributed by atoms with Crippen molar-refractivity contribution in [3.05, 3.63) is 89.5 Å². The third kappa shape index (κ3) is 4.38. The van der Waals surface area contributed by atoms with Gasteiger partial charge in [-0.3, -0.25) is 14.4 Å². The molecule has 1 aliphatic rings. The third-order valence-corrected chi connectivity index (χ3v) is 5.37. The molecule has 0 bridgehead atoms. The Labute approximate surface area is 196 Å². The van der Waals surface area contributed by atoms with Crippen molar-refractivity contribution >= 4 is 35.1 Å². The fourth-order valence-electron chi connectivity index (χ4n) is 3.56. The van der Waals surface area contributed by atoms with Crippen molar-refractivity contribution in [3.8, 4) is 5.75 Å². The lowest BCUT2D eigenvalue weighted by molar-refractivity contribution is -0.121. The van der Waals surface area contributed by atoms with Gasteiger partial charge in [0.15, 0.2) is 6.61 Å². The molecule has 3 amide bonds. The highest BCUT2D eigenvalue weighted by molar-refractivity contribution is 6.34. The van der Waals surface area contributed by atoms with Crippen LogP contribution in [0.2, 0.25) is 0 Å². The zero-order chi connectivity index (χ0) is 24.2. The van der Waals surface area contributed by atoms with E-state index in [4.69, 9.17) is 9.47 Å². The summed E-state index contributed by atoms with van der Waals surface area (Å²) in [7, 11) is 1.58. The minimum atomic E-state index is -0.766. The van der Waals surface area contributed by atoms with Gasteiger partial charge in [-0.2, -0.15) is 0 Å². The first-order valence-corrected chi connectivity index (χ1v) is 10.6. The number of hydrogen-bond acceptors (Lipinski definition) is 6. The van der Waals surface area contributed by atoms with E-state index in [-0.39, 0.29) is 16.7 Å². The van der Waals surface area contributed by atoms with Gasteiger partial charge in [0.25, 0.3) is 17.7 Å². The molecule has 0 spiro atoms. The summed E-state index contributed by atoms with van der Waals surface area (Å²) < 4.78 is 10.5. The SMILES string of the molecule is CCOc1ccc(N2C(=O)c3ccc(C(=O)OCC(=O)N(C)c4ccccc4)cc3C2=O)cc1. The van der Waals surface area contributed by atoms with E-state index in [0.717, 1.165) is 4.90 Å². The van der Waals surface area contributed by atoms with E-state index in [1.165, 1.54) is 23.1 Å². The van der Waals surface area contributed by atoms with Crippen LogP contribution in [0.15, 0.2) is 72.8 Å². The van der Waals surface area contributed by atoms with Crippen molar-refractivity contribution in [1.82, 2.24) is 0 Å². The zero-order valence-electron chi connectivity index (χ0n) is 18.7. The number of esters is 1. The lowest BCUT2D eigenvalue weighted by Gasteiger charge is -2.17. The second kappa shape index (κ2) is 9.58. The summed E-state index contributed by atoms with van der Waals surface area (Å²) >= 11 is 0. The van der Waals surface area contributed by atoms with Gasteiger partial charge in [0.05, 0.1) is 29.0 Å². The molecule has 1 aliphatic heterocycles. The molecule has 0 fully saturated rings. The van der Waals surface area contributed by atoms with Gasteiger partial charge in [0, 0.05) is 12.7 Å². The average Bonchev–Trinajstić information content (AvgIpc) is 3.12. The van der Waals surface area contributed by atoms with E-state index in [1.807, 2.05) is 13.0 Å². The number of para-hydroxylation sites is 1. The van der Waals surface area contributed by atoms with Crippen LogP contribution in [-0.4, -0.2) is 44.0 Å². The fraction of sp³-hybridized carbons (Fsp3) is 0.154. The van der Waals surface area contributed by atoms with Gasteiger partial charge < -0.3 is 14.4 Å². The molecule has 172 valence electrons. The number of anilines is 2. The number of fused-ring (bicyclic) bond motifs is 1.